The molecule has 0 bridgehead atoms. The Morgan fingerprint density at radius 3 is 2.86 bits per heavy atom. The quantitative estimate of drug-likeness (QED) is 0.872. The van der Waals surface area contributed by atoms with E-state index in [9.17, 15) is 9.59 Å². The van der Waals surface area contributed by atoms with E-state index in [0.717, 1.165) is 29.7 Å². The summed E-state index contributed by atoms with van der Waals surface area (Å²) in [5, 5.41) is 7.49. The minimum Gasteiger partial charge on any atom is -0.465 e. The maximum Gasteiger partial charge on any atom is 0.341 e. The number of hydrogen-bond donors (Lipinski definition) is 1. The molecule has 0 unspecified atom stereocenters. The van der Waals surface area contributed by atoms with Crippen molar-refractivity contribution in [3.8, 4) is 0 Å². The van der Waals surface area contributed by atoms with Crippen molar-refractivity contribution in [3.05, 3.63) is 32.9 Å². The molecule has 116 valence electrons. The Balaban J connectivity index is 1.96. The zero-order valence-corrected chi connectivity index (χ0v) is 13.7. The molecule has 1 N–H and O–H groups in total. The summed E-state index contributed by atoms with van der Waals surface area (Å²) >= 11 is 7.40. The number of amides is 1. The first-order chi connectivity index (χ1) is 10.5. The Morgan fingerprint density at radius 1 is 1.45 bits per heavy atom. The number of halogens is 1. The number of ether oxygens (including phenoxy) is 1. The minimum atomic E-state index is -0.425. The van der Waals surface area contributed by atoms with Crippen LogP contribution < -0.4 is 5.32 Å². The Hall–Kier alpha value is -1.86. The fraction of sp³-hybridized carbons (Fsp3) is 0.357. The number of thiophene rings is 1. The number of nitrogens with one attached hydrogen (secondary N) is 1. The molecule has 3 rings (SSSR count). The lowest BCUT2D eigenvalue weighted by atomic mass is 10.1. The smallest absolute Gasteiger partial charge is 0.341 e. The summed E-state index contributed by atoms with van der Waals surface area (Å²) in [7, 11) is 2.97. The van der Waals surface area contributed by atoms with Crippen LogP contribution in [-0.2, 0) is 24.6 Å². The van der Waals surface area contributed by atoms with Gasteiger partial charge >= 0.3 is 5.97 Å². The van der Waals surface area contributed by atoms with Crippen molar-refractivity contribution in [2.24, 2.45) is 7.05 Å². The van der Waals surface area contributed by atoms with Crippen LogP contribution in [0.25, 0.3) is 0 Å². The molecule has 0 saturated carbocycles. The van der Waals surface area contributed by atoms with Gasteiger partial charge in [0.1, 0.15) is 10.7 Å². The van der Waals surface area contributed by atoms with Gasteiger partial charge in [-0.2, -0.15) is 5.10 Å². The maximum atomic E-state index is 12.4. The Labute approximate surface area is 136 Å². The molecular formula is C14H14ClN3O3S. The molecule has 0 spiro atoms. The summed E-state index contributed by atoms with van der Waals surface area (Å²) < 4.78 is 6.25. The summed E-state index contributed by atoms with van der Waals surface area (Å²) in [6.45, 7) is 0. The molecule has 0 fully saturated rings. The van der Waals surface area contributed by atoms with Crippen LogP contribution >= 0.6 is 22.9 Å². The number of carbonyl (C=O) groups excluding carboxylic acids is 2. The van der Waals surface area contributed by atoms with Gasteiger partial charge in [-0.05, 0) is 24.8 Å². The lowest BCUT2D eigenvalue weighted by Crippen LogP contribution is -2.18. The van der Waals surface area contributed by atoms with Crippen molar-refractivity contribution in [1.82, 2.24) is 9.78 Å². The van der Waals surface area contributed by atoms with E-state index in [1.54, 1.807) is 7.05 Å². The van der Waals surface area contributed by atoms with Crippen LogP contribution in [0.2, 0.25) is 5.02 Å². The molecule has 0 aliphatic heterocycles. The molecule has 8 heteroatoms. The van der Waals surface area contributed by atoms with Crippen molar-refractivity contribution in [2.45, 2.75) is 19.3 Å². The number of fused-ring (bicyclic) bond motifs is 1. The van der Waals surface area contributed by atoms with Gasteiger partial charge < -0.3 is 10.1 Å². The average Bonchev–Trinajstić information content (AvgIpc) is 3.13. The van der Waals surface area contributed by atoms with Gasteiger partial charge in [0, 0.05) is 11.9 Å². The van der Waals surface area contributed by atoms with Crippen molar-refractivity contribution in [3.63, 3.8) is 0 Å². The molecule has 2 aromatic rings. The van der Waals surface area contributed by atoms with Crippen LogP contribution in [0.5, 0.6) is 0 Å². The van der Waals surface area contributed by atoms with Gasteiger partial charge in [-0.1, -0.05) is 11.6 Å². The fourth-order valence-corrected chi connectivity index (χ4v) is 4.16. The van der Waals surface area contributed by atoms with Crippen LogP contribution in [0.1, 0.15) is 37.7 Å². The second-order valence-electron chi connectivity index (χ2n) is 4.97. The predicted molar refractivity (Wildman–Crippen MR) is 83.9 cm³/mol. The van der Waals surface area contributed by atoms with Crippen LogP contribution in [0, 0.1) is 0 Å². The maximum absolute atomic E-state index is 12.4. The third-order valence-electron chi connectivity index (χ3n) is 3.65. The number of nitrogens with zero attached hydrogens (tertiary/aromatic N) is 2. The number of esters is 1. The second-order valence-corrected chi connectivity index (χ2v) is 6.48. The van der Waals surface area contributed by atoms with Gasteiger partial charge in [-0.15, -0.1) is 11.3 Å². The molecule has 1 aliphatic rings. The van der Waals surface area contributed by atoms with Crippen molar-refractivity contribution in [2.75, 3.05) is 12.4 Å². The van der Waals surface area contributed by atoms with Crippen LogP contribution in [0.4, 0.5) is 5.00 Å². The molecule has 1 aliphatic carbocycles. The van der Waals surface area contributed by atoms with Crippen LogP contribution in [0.3, 0.4) is 0 Å². The highest BCUT2D eigenvalue weighted by Crippen LogP contribution is 2.39. The summed E-state index contributed by atoms with van der Waals surface area (Å²) in [5.74, 6) is -0.819. The monoisotopic (exact) mass is 339 g/mol. The van der Waals surface area contributed by atoms with E-state index < -0.39 is 11.9 Å². The third-order valence-corrected chi connectivity index (χ3v) is 5.13. The number of methoxy groups -OCH3 is 1. The molecule has 0 saturated heterocycles. The number of aromatic nitrogens is 2. The highest BCUT2D eigenvalue weighted by atomic mass is 35.5. The number of rotatable bonds is 3. The molecule has 0 radical (unpaired) electrons. The molecule has 2 aromatic heterocycles. The average molecular weight is 340 g/mol. The predicted octanol–water partition coefficient (Wildman–Crippen LogP) is 2.66. The van der Waals surface area contributed by atoms with Gasteiger partial charge in [0.2, 0.25) is 0 Å². The van der Waals surface area contributed by atoms with E-state index in [4.69, 9.17) is 16.3 Å². The van der Waals surface area contributed by atoms with Gasteiger partial charge in [-0.25, -0.2) is 4.79 Å². The summed E-state index contributed by atoms with van der Waals surface area (Å²) in [6, 6.07) is 0. The van der Waals surface area contributed by atoms with Gasteiger partial charge in [-0.3, -0.25) is 9.48 Å². The third kappa shape index (κ3) is 2.40. The highest BCUT2D eigenvalue weighted by molar-refractivity contribution is 7.17. The molecule has 0 atom stereocenters. The van der Waals surface area contributed by atoms with Gasteiger partial charge in [0.15, 0.2) is 0 Å². The van der Waals surface area contributed by atoms with E-state index in [1.165, 1.54) is 29.3 Å². The molecule has 1 amide bonds. The van der Waals surface area contributed by atoms with Crippen LogP contribution in [-0.4, -0.2) is 28.8 Å². The zero-order valence-electron chi connectivity index (χ0n) is 12.1. The van der Waals surface area contributed by atoms with Gasteiger partial charge in [0.25, 0.3) is 5.91 Å². The first-order valence-corrected chi connectivity index (χ1v) is 7.94. The SMILES string of the molecule is COC(=O)c1c(NC(=O)c2c(Cl)cnn2C)sc2c1CCC2. The van der Waals surface area contributed by atoms with E-state index >= 15 is 0 Å². The van der Waals surface area contributed by atoms with E-state index in [1.807, 2.05) is 0 Å². The van der Waals surface area contributed by atoms with Crippen molar-refractivity contribution >= 4 is 39.8 Å². The van der Waals surface area contributed by atoms with E-state index in [2.05, 4.69) is 10.4 Å². The minimum absolute atomic E-state index is 0.256. The van der Waals surface area contributed by atoms with Crippen molar-refractivity contribution < 1.29 is 14.3 Å². The van der Waals surface area contributed by atoms with Crippen molar-refractivity contribution in [1.29, 1.82) is 0 Å². The standard InChI is InChI=1S/C14H14ClN3O3S/c1-18-11(8(15)6-16-18)12(19)17-13-10(14(20)21-2)7-4-3-5-9(7)22-13/h6H,3-5H2,1-2H3,(H,17,19). The molecule has 2 heterocycles. The van der Waals surface area contributed by atoms with E-state index in [-0.39, 0.29) is 10.7 Å². The lowest BCUT2D eigenvalue weighted by Gasteiger charge is -2.07. The summed E-state index contributed by atoms with van der Waals surface area (Å²) in [4.78, 5) is 25.6. The Morgan fingerprint density at radius 2 is 2.23 bits per heavy atom. The molecule has 0 aromatic carbocycles. The number of anilines is 1. The first kappa shape index (κ1) is 15.1. The lowest BCUT2D eigenvalue weighted by molar-refractivity contribution is 0.0601. The summed E-state index contributed by atoms with van der Waals surface area (Å²) in [5.41, 5.74) is 1.71. The van der Waals surface area contributed by atoms with E-state index in [0.29, 0.717) is 10.6 Å². The number of hydrogen-bond acceptors (Lipinski definition) is 5. The fourth-order valence-electron chi connectivity index (χ4n) is 2.64. The summed E-state index contributed by atoms with van der Waals surface area (Å²) in [6.07, 6.45) is 4.18. The Kier molecular flexibility index (Phi) is 3.92. The molecular weight excluding hydrogens is 326 g/mol. The first-order valence-electron chi connectivity index (χ1n) is 6.74. The Bertz CT molecular complexity index is 746. The second kappa shape index (κ2) is 5.73. The highest BCUT2D eigenvalue weighted by Gasteiger charge is 2.29. The topological polar surface area (TPSA) is 73.2 Å². The van der Waals surface area contributed by atoms with Crippen LogP contribution in [0.15, 0.2) is 6.20 Å². The molecule has 6 nitrogen and oxygen atoms in total. The largest absolute Gasteiger partial charge is 0.465 e. The number of aryl methyl sites for hydroxylation is 2. The number of carbonyl (C=O) groups is 2. The normalized spacial score (nSPS) is 13.0. The molecule has 22 heavy (non-hydrogen) atoms. The zero-order chi connectivity index (χ0) is 15.9. The van der Waals surface area contributed by atoms with Gasteiger partial charge in [0.05, 0.1) is 23.9 Å².